The largest absolute Gasteiger partial charge is 0.387 e. The van der Waals surface area contributed by atoms with E-state index in [2.05, 4.69) is 0 Å². The minimum Gasteiger partial charge on any atom is -0.387 e. The molecule has 0 saturated heterocycles. The number of nitro groups is 1. The fraction of sp³-hybridized carbons (Fsp3) is 0.200. The van der Waals surface area contributed by atoms with Crippen molar-refractivity contribution in [3.8, 4) is 0 Å². The maximum atomic E-state index is 12.8. The summed E-state index contributed by atoms with van der Waals surface area (Å²) in [6.07, 6.45) is -1.37. The fourth-order valence-electron chi connectivity index (χ4n) is 2.08. The van der Waals surface area contributed by atoms with E-state index in [0.29, 0.717) is 5.56 Å². The van der Waals surface area contributed by atoms with Crippen LogP contribution in [0.1, 0.15) is 17.2 Å². The van der Waals surface area contributed by atoms with Crippen molar-refractivity contribution in [2.24, 2.45) is 0 Å². The van der Waals surface area contributed by atoms with Gasteiger partial charge in [-0.15, -0.1) is 0 Å². The number of aliphatic hydroxyl groups excluding tert-OH is 1. The van der Waals surface area contributed by atoms with E-state index < -0.39 is 32.4 Å². The second-order valence-electron chi connectivity index (χ2n) is 5.05. The molecule has 2 aromatic rings. The van der Waals surface area contributed by atoms with Crippen molar-refractivity contribution >= 4 is 15.5 Å². The van der Waals surface area contributed by atoms with Gasteiger partial charge in [-0.1, -0.05) is 24.3 Å². The maximum Gasteiger partial charge on any atom is 0.269 e. The second kappa shape index (κ2) is 6.84. The van der Waals surface area contributed by atoms with Crippen LogP contribution in [0.3, 0.4) is 0 Å². The molecule has 0 aromatic heterocycles. The summed E-state index contributed by atoms with van der Waals surface area (Å²) in [5.74, 6) is -1.40. The van der Waals surface area contributed by atoms with Crippen LogP contribution in [-0.4, -0.2) is 24.2 Å². The lowest BCUT2D eigenvalue weighted by Gasteiger charge is -2.11. The third-order valence-electron chi connectivity index (χ3n) is 3.18. The van der Waals surface area contributed by atoms with Crippen molar-refractivity contribution in [3.63, 3.8) is 0 Å². The highest BCUT2D eigenvalue weighted by Gasteiger charge is 2.21. The molecule has 2 rings (SSSR count). The molecule has 2 aromatic carbocycles. The summed E-state index contributed by atoms with van der Waals surface area (Å²) >= 11 is 0. The predicted molar refractivity (Wildman–Crippen MR) is 81.9 cm³/mol. The highest BCUT2D eigenvalue weighted by Crippen LogP contribution is 2.21. The molecule has 0 aliphatic rings. The average Bonchev–Trinajstić information content (AvgIpc) is 2.49. The van der Waals surface area contributed by atoms with Crippen LogP contribution in [0.15, 0.2) is 48.5 Å². The van der Waals surface area contributed by atoms with E-state index in [-0.39, 0.29) is 17.0 Å². The van der Waals surface area contributed by atoms with E-state index in [4.69, 9.17) is 0 Å². The third kappa shape index (κ3) is 4.83. The van der Waals surface area contributed by atoms with Gasteiger partial charge in [-0.2, -0.15) is 0 Å². The summed E-state index contributed by atoms with van der Waals surface area (Å²) in [6, 6.07) is 10.2. The zero-order valence-electron chi connectivity index (χ0n) is 11.9. The number of rotatable bonds is 6. The molecular weight excluding hydrogens is 325 g/mol. The first kappa shape index (κ1) is 17.0. The molecule has 0 amide bonds. The van der Waals surface area contributed by atoms with Crippen LogP contribution in [0.2, 0.25) is 0 Å². The number of nitrogens with zero attached hydrogens (tertiary/aromatic N) is 1. The summed E-state index contributed by atoms with van der Waals surface area (Å²) in [6.45, 7) is 0. The Balaban J connectivity index is 2.11. The number of sulfone groups is 1. The minimum atomic E-state index is -3.67. The number of halogens is 1. The van der Waals surface area contributed by atoms with Crippen LogP contribution in [0.4, 0.5) is 10.1 Å². The summed E-state index contributed by atoms with van der Waals surface area (Å²) in [5.41, 5.74) is 0.331. The van der Waals surface area contributed by atoms with Crippen LogP contribution in [0, 0.1) is 15.9 Å². The molecule has 0 radical (unpaired) electrons. The van der Waals surface area contributed by atoms with Gasteiger partial charge in [0, 0.05) is 12.1 Å². The maximum absolute atomic E-state index is 12.8. The van der Waals surface area contributed by atoms with Gasteiger partial charge in [0.2, 0.25) is 0 Å². The van der Waals surface area contributed by atoms with E-state index in [1.54, 1.807) is 0 Å². The van der Waals surface area contributed by atoms with Crippen LogP contribution >= 0.6 is 0 Å². The van der Waals surface area contributed by atoms with Gasteiger partial charge in [0.25, 0.3) is 5.69 Å². The molecule has 1 N–H and O–H groups in total. The molecule has 8 heteroatoms. The SMILES string of the molecule is O=[N+]([O-])c1cccc(C(O)CS(=O)(=O)Cc2ccc(F)cc2)c1. The molecule has 23 heavy (non-hydrogen) atoms. The molecule has 0 heterocycles. The van der Waals surface area contributed by atoms with Gasteiger partial charge in [-0.3, -0.25) is 10.1 Å². The number of benzene rings is 2. The topological polar surface area (TPSA) is 97.5 Å². The number of hydrogen-bond donors (Lipinski definition) is 1. The van der Waals surface area contributed by atoms with Gasteiger partial charge in [-0.25, -0.2) is 12.8 Å². The summed E-state index contributed by atoms with van der Waals surface area (Å²) in [7, 11) is -3.67. The first-order valence-corrected chi connectivity index (χ1v) is 8.46. The Kier molecular flexibility index (Phi) is 5.07. The zero-order valence-corrected chi connectivity index (χ0v) is 12.7. The van der Waals surface area contributed by atoms with Crippen molar-refractivity contribution in [1.29, 1.82) is 0 Å². The lowest BCUT2D eigenvalue weighted by Crippen LogP contribution is -2.16. The van der Waals surface area contributed by atoms with Crippen molar-refractivity contribution in [1.82, 2.24) is 0 Å². The molecule has 1 atom stereocenters. The van der Waals surface area contributed by atoms with Crippen LogP contribution in [0.5, 0.6) is 0 Å². The van der Waals surface area contributed by atoms with E-state index in [9.17, 15) is 28.0 Å². The Hall–Kier alpha value is -2.32. The van der Waals surface area contributed by atoms with Gasteiger partial charge in [0.1, 0.15) is 5.82 Å². The Morgan fingerprint density at radius 2 is 1.83 bits per heavy atom. The van der Waals surface area contributed by atoms with Crippen molar-refractivity contribution in [2.45, 2.75) is 11.9 Å². The molecular formula is C15H14FNO5S. The van der Waals surface area contributed by atoms with Crippen molar-refractivity contribution in [2.75, 3.05) is 5.75 Å². The van der Waals surface area contributed by atoms with Gasteiger partial charge < -0.3 is 5.11 Å². The molecule has 0 spiro atoms. The number of nitro benzene ring substituents is 1. The lowest BCUT2D eigenvalue weighted by atomic mass is 10.1. The van der Waals surface area contributed by atoms with Gasteiger partial charge >= 0.3 is 0 Å². The second-order valence-corrected chi connectivity index (χ2v) is 7.16. The molecule has 0 aliphatic carbocycles. The molecule has 0 saturated carbocycles. The average molecular weight is 339 g/mol. The molecule has 122 valence electrons. The summed E-state index contributed by atoms with van der Waals surface area (Å²) in [4.78, 5) is 10.1. The van der Waals surface area contributed by atoms with Crippen LogP contribution in [0.25, 0.3) is 0 Å². The Labute approximate surface area is 132 Å². The normalized spacial score (nSPS) is 12.8. The Bertz CT molecular complexity index is 805. The molecule has 0 aliphatic heterocycles. The quantitative estimate of drug-likeness (QED) is 0.644. The fourth-order valence-corrected chi connectivity index (χ4v) is 3.57. The number of aliphatic hydroxyl groups is 1. The van der Waals surface area contributed by atoms with Crippen molar-refractivity contribution < 1.29 is 22.8 Å². The molecule has 0 fully saturated rings. The van der Waals surface area contributed by atoms with E-state index >= 15 is 0 Å². The Morgan fingerprint density at radius 1 is 1.17 bits per heavy atom. The molecule has 0 bridgehead atoms. The highest BCUT2D eigenvalue weighted by molar-refractivity contribution is 7.90. The standard InChI is InChI=1S/C15H14FNO5S/c16-13-6-4-11(5-7-13)9-23(21,22)10-15(18)12-2-1-3-14(8-12)17(19)20/h1-8,15,18H,9-10H2. The zero-order chi connectivity index (χ0) is 17.0. The Morgan fingerprint density at radius 3 is 2.43 bits per heavy atom. The molecule has 6 nitrogen and oxygen atoms in total. The highest BCUT2D eigenvalue weighted by atomic mass is 32.2. The van der Waals surface area contributed by atoms with Gasteiger partial charge in [-0.05, 0) is 23.3 Å². The van der Waals surface area contributed by atoms with E-state index in [0.717, 1.165) is 18.2 Å². The minimum absolute atomic E-state index is 0.155. The number of hydrogen-bond acceptors (Lipinski definition) is 5. The first-order valence-electron chi connectivity index (χ1n) is 6.64. The van der Waals surface area contributed by atoms with Crippen molar-refractivity contribution in [3.05, 3.63) is 75.6 Å². The van der Waals surface area contributed by atoms with Gasteiger partial charge in [0.15, 0.2) is 9.84 Å². The number of non-ortho nitro benzene ring substituents is 1. The molecule has 1 unspecified atom stereocenters. The monoisotopic (exact) mass is 339 g/mol. The van der Waals surface area contributed by atoms with Gasteiger partial charge in [0.05, 0.1) is 22.5 Å². The smallest absolute Gasteiger partial charge is 0.269 e. The third-order valence-corrected chi connectivity index (χ3v) is 4.77. The predicted octanol–water partition coefficient (Wildman–Crippen LogP) is 2.38. The van der Waals surface area contributed by atoms with Crippen LogP contribution in [-0.2, 0) is 15.6 Å². The van der Waals surface area contributed by atoms with E-state index in [1.165, 1.54) is 30.3 Å². The summed E-state index contributed by atoms with van der Waals surface area (Å²) < 4.78 is 37.0. The van der Waals surface area contributed by atoms with E-state index in [1.807, 2.05) is 0 Å². The first-order chi connectivity index (χ1) is 10.8. The lowest BCUT2D eigenvalue weighted by molar-refractivity contribution is -0.385. The van der Waals surface area contributed by atoms with Crippen LogP contribution < -0.4 is 0 Å². The summed E-state index contributed by atoms with van der Waals surface area (Å²) in [5, 5.41) is 20.7.